The van der Waals surface area contributed by atoms with Gasteiger partial charge in [0.1, 0.15) is 6.61 Å². The summed E-state index contributed by atoms with van der Waals surface area (Å²) in [7, 11) is 0. The van der Waals surface area contributed by atoms with Crippen LogP contribution in [0.15, 0.2) is 42.5 Å². The molecule has 0 heterocycles. The quantitative estimate of drug-likeness (QED) is 0.580. The van der Waals surface area contributed by atoms with Gasteiger partial charge in [-0.3, -0.25) is 0 Å². The maximum Gasteiger partial charge on any atom is 0.333 e. The molecular weight excluding hydrogens is 216 g/mol. The molecule has 17 heavy (non-hydrogen) atoms. The molecule has 1 N–H and O–H groups in total. The number of aliphatic hydroxyl groups excluding tert-OH is 1. The molecule has 0 saturated carbocycles. The molecule has 0 saturated heterocycles. The first-order valence-electron chi connectivity index (χ1n) is 5.73. The van der Waals surface area contributed by atoms with Crippen LogP contribution in [0.3, 0.4) is 0 Å². The second kappa shape index (κ2) is 7.63. The lowest BCUT2D eigenvalue weighted by Crippen LogP contribution is -2.10. The average molecular weight is 234 g/mol. The lowest BCUT2D eigenvalue weighted by Gasteiger charge is -2.05. The molecule has 0 unspecified atom stereocenters. The fourth-order valence-electron chi connectivity index (χ4n) is 1.49. The SMILES string of the molecule is C=C(CCCc1ccccc1)C(=O)OCCO. The standard InChI is InChI=1S/C14H18O3/c1-12(14(16)17-11-10-15)6-5-9-13-7-3-2-4-8-13/h2-4,7-8,15H,1,5-6,9-11H2. The fourth-order valence-corrected chi connectivity index (χ4v) is 1.49. The minimum absolute atomic E-state index is 0.0382. The van der Waals surface area contributed by atoms with Gasteiger partial charge >= 0.3 is 5.97 Å². The number of aryl methyl sites for hydroxylation is 1. The molecule has 0 bridgehead atoms. The van der Waals surface area contributed by atoms with Crippen LogP contribution in [0.1, 0.15) is 18.4 Å². The second-order valence-corrected chi connectivity index (χ2v) is 3.80. The van der Waals surface area contributed by atoms with Gasteiger partial charge in [0, 0.05) is 5.57 Å². The van der Waals surface area contributed by atoms with E-state index in [0.29, 0.717) is 12.0 Å². The van der Waals surface area contributed by atoms with Crippen molar-refractivity contribution in [2.45, 2.75) is 19.3 Å². The Morgan fingerprint density at radius 2 is 2.00 bits per heavy atom. The largest absolute Gasteiger partial charge is 0.460 e. The minimum atomic E-state index is -0.410. The first-order chi connectivity index (χ1) is 8.24. The molecule has 0 aromatic heterocycles. The van der Waals surface area contributed by atoms with E-state index in [1.54, 1.807) is 0 Å². The number of carbonyl (C=O) groups is 1. The highest BCUT2D eigenvalue weighted by atomic mass is 16.5. The van der Waals surface area contributed by atoms with E-state index in [9.17, 15) is 4.79 Å². The van der Waals surface area contributed by atoms with E-state index in [4.69, 9.17) is 9.84 Å². The van der Waals surface area contributed by atoms with E-state index >= 15 is 0 Å². The fraction of sp³-hybridized carbons (Fsp3) is 0.357. The van der Waals surface area contributed by atoms with Crippen LogP contribution in [0.25, 0.3) is 0 Å². The Kier molecular flexibility index (Phi) is 6.04. The lowest BCUT2D eigenvalue weighted by atomic mass is 10.1. The van der Waals surface area contributed by atoms with Gasteiger partial charge in [-0.2, -0.15) is 0 Å². The number of hydrogen-bond donors (Lipinski definition) is 1. The van der Waals surface area contributed by atoms with Crippen molar-refractivity contribution in [1.82, 2.24) is 0 Å². The zero-order valence-electron chi connectivity index (χ0n) is 9.89. The highest BCUT2D eigenvalue weighted by Crippen LogP contribution is 2.09. The topological polar surface area (TPSA) is 46.5 Å². The van der Waals surface area contributed by atoms with Crippen molar-refractivity contribution < 1.29 is 14.6 Å². The predicted molar refractivity (Wildman–Crippen MR) is 66.6 cm³/mol. The number of rotatable bonds is 7. The van der Waals surface area contributed by atoms with Crippen molar-refractivity contribution in [3.63, 3.8) is 0 Å². The molecule has 0 fully saturated rings. The molecule has 1 rings (SSSR count). The van der Waals surface area contributed by atoms with E-state index < -0.39 is 5.97 Å². The molecule has 0 aliphatic carbocycles. The summed E-state index contributed by atoms with van der Waals surface area (Å²) in [5.41, 5.74) is 1.72. The van der Waals surface area contributed by atoms with Crippen LogP contribution >= 0.6 is 0 Å². The average Bonchev–Trinajstić information content (AvgIpc) is 2.37. The van der Waals surface area contributed by atoms with E-state index in [1.165, 1.54) is 5.56 Å². The summed E-state index contributed by atoms with van der Waals surface area (Å²) in [5.74, 6) is -0.410. The third kappa shape index (κ3) is 5.31. The van der Waals surface area contributed by atoms with Crippen molar-refractivity contribution in [1.29, 1.82) is 0 Å². The van der Waals surface area contributed by atoms with Crippen LogP contribution in [0.4, 0.5) is 0 Å². The number of esters is 1. The van der Waals surface area contributed by atoms with E-state index in [1.807, 2.05) is 18.2 Å². The first-order valence-corrected chi connectivity index (χ1v) is 5.73. The van der Waals surface area contributed by atoms with Crippen LogP contribution in [0.2, 0.25) is 0 Å². The van der Waals surface area contributed by atoms with Crippen molar-refractivity contribution in [3.8, 4) is 0 Å². The third-order valence-electron chi connectivity index (χ3n) is 2.40. The van der Waals surface area contributed by atoms with Crippen molar-refractivity contribution in [3.05, 3.63) is 48.0 Å². The van der Waals surface area contributed by atoms with Crippen LogP contribution in [-0.4, -0.2) is 24.3 Å². The second-order valence-electron chi connectivity index (χ2n) is 3.80. The summed E-state index contributed by atoms with van der Waals surface area (Å²) in [6.45, 7) is 3.57. The summed E-state index contributed by atoms with van der Waals surface area (Å²) < 4.78 is 4.77. The zero-order valence-corrected chi connectivity index (χ0v) is 9.89. The molecule has 3 nitrogen and oxygen atoms in total. The van der Waals surface area contributed by atoms with E-state index in [-0.39, 0.29) is 13.2 Å². The van der Waals surface area contributed by atoms with Gasteiger partial charge in [-0.05, 0) is 24.8 Å². The highest BCUT2D eigenvalue weighted by Gasteiger charge is 2.07. The molecular formula is C14H18O3. The molecule has 0 aliphatic rings. The Bertz CT molecular complexity index is 357. The molecule has 0 amide bonds. The summed E-state index contributed by atoms with van der Waals surface area (Å²) >= 11 is 0. The van der Waals surface area contributed by atoms with Gasteiger partial charge in [0.2, 0.25) is 0 Å². The number of aliphatic hydroxyl groups is 1. The Balaban J connectivity index is 2.22. The zero-order chi connectivity index (χ0) is 12.5. The lowest BCUT2D eigenvalue weighted by molar-refractivity contribution is -0.140. The van der Waals surface area contributed by atoms with Crippen LogP contribution in [-0.2, 0) is 16.0 Å². The van der Waals surface area contributed by atoms with Gasteiger partial charge in [-0.1, -0.05) is 36.9 Å². The summed E-state index contributed by atoms with van der Waals surface area (Å²) in [6.07, 6.45) is 2.42. The number of hydrogen-bond acceptors (Lipinski definition) is 3. The minimum Gasteiger partial charge on any atom is -0.460 e. The Labute approximate surface area is 102 Å². The molecule has 0 spiro atoms. The van der Waals surface area contributed by atoms with Gasteiger partial charge in [0.15, 0.2) is 0 Å². The Morgan fingerprint density at radius 1 is 1.29 bits per heavy atom. The molecule has 1 aromatic rings. The molecule has 0 aliphatic heterocycles. The van der Waals surface area contributed by atoms with Gasteiger partial charge in [-0.25, -0.2) is 4.79 Å². The summed E-state index contributed by atoms with van der Waals surface area (Å²) in [4.78, 5) is 11.3. The van der Waals surface area contributed by atoms with Gasteiger partial charge in [0.05, 0.1) is 6.61 Å². The first kappa shape index (κ1) is 13.5. The van der Waals surface area contributed by atoms with Gasteiger partial charge in [-0.15, -0.1) is 0 Å². The molecule has 1 aromatic carbocycles. The Hall–Kier alpha value is -1.61. The van der Waals surface area contributed by atoms with Crippen LogP contribution in [0.5, 0.6) is 0 Å². The van der Waals surface area contributed by atoms with Crippen LogP contribution in [0, 0.1) is 0 Å². The predicted octanol–water partition coefficient (Wildman–Crippen LogP) is 2.10. The third-order valence-corrected chi connectivity index (χ3v) is 2.40. The normalized spacial score (nSPS) is 9.94. The highest BCUT2D eigenvalue weighted by molar-refractivity contribution is 5.87. The van der Waals surface area contributed by atoms with Crippen molar-refractivity contribution in [2.75, 3.05) is 13.2 Å². The molecule has 92 valence electrons. The van der Waals surface area contributed by atoms with E-state index in [0.717, 1.165) is 12.8 Å². The van der Waals surface area contributed by atoms with Gasteiger partial charge < -0.3 is 9.84 Å². The van der Waals surface area contributed by atoms with E-state index in [2.05, 4.69) is 18.7 Å². The molecule has 0 radical (unpaired) electrons. The van der Waals surface area contributed by atoms with Crippen LogP contribution < -0.4 is 0 Å². The Morgan fingerprint density at radius 3 is 2.65 bits per heavy atom. The maximum atomic E-state index is 11.3. The molecule has 3 heteroatoms. The number of carbonyl (C=O) groups excluding carboxylic acids is 1. The smallest absolute Gasteiger partial charge is 0.333 e. The summed E-state index contributed by atoms with van der Waals surface area (Å²) in [5, 5.41) is 8.51. The number of ether oxygens (including phenoxy) is 1. The summed E-state index contributed by atoms with van der Waals surface area (Å²) in [6, 6.07) is 10.1. The molecule has 0 atom stereocenters. The number of benzene rings is 1. The van der Waals surface area contributed by atoms with Crippen molar-refractivity contribution in [2.24, 2.45) is 0 Å². The van der Waals surface area contributed by atoms with Gasteiger partial charge in [0.25, 0.3) is 0 Å². The maximum absolute atomic E-state index is 11.3. The monoisotopic (exact) mass is 234 g/mol. The van der Waals surface area contributed by atoms with Crippen molar-refractivity contribution >= 4 is 5.97 Å².